The van der Waals surface area contributed by atoms with E-state index in [0.29, 0.717) is 11.6 Å². The van der Waals surface area contributed by atoms with Crippen molar-refractivity contribution in [3.05, 3.63) is 34.9 Å². The number of nitrogens with zero attached hydrogens (tertiary/aromatic N) is 2. The van der Waals surface area contributed by atoms with Crippen molar-refractivity contribution in [2.24, 2.45) is 0 Å². The van der Waals surface area contributed by atoms with E-state index in [4.69, 9.17) is 11.6 Å². The second kappa shape index (κ2) is 9.17. The molecule has 1 rings (SSSR count). The number of sulfonamides is 1. The average Bonchev–Trinajstić information content (AvgIpc) is 2.52. The van der Waals surface area contributed by atoms with Gasteiger partial charge in [-0.3, -0.25) is 9.59 Å². The minimum Gasteiger partial charge on any atom is -0.355 e. The molecule has 0 aliphatic carbocycles. The molecule has 0 aliphatic rings. The highest BCUT2D eigenvalue weighted by molar-refractivity contribution is 7.88. The minimum absolute atomic E-state index is 0.173. The lowest BCUT2D eigenvalue weighted by molar-refractivity contribution is -0.140. The minimum atomic E-state index is -3.50. The first kappa shape index (κ1) is 21.4. The maximum Gasteiger partial charge on any atom is 0.242 e. The highest BCUT2D eigenvalue weighted by Gasteiger charge is 2.28. The van der Waals surface area contributed by atoms with Gasteiger partial charge in [-0.25, -0.2) is 8.42 Å². The summed E-state index contributed by atoms with van der Waals surface area (Å²) in [6, 6.07) is 6.16. The number of hydrogen-bond acceptors (Lipinski definition) is 4. The average molecular weight is 390 g/mol. The fourth-order valence-electron chi connectivity index (χ4n) is 2.09. The molecule has 0 aromatic heterocycles. The van der Waals surface area contributed by atoms with Gasteiger partial charge in [-0.05, 0) is 31.5 Å². The van der Waals surface area contributed by atoms with Crippen LogP contribution >= 0.6 is 11.6 Å². The van der Waals surface area contributed by atoms with Crippen LogP contribution in [0, 0.1) is 0 Å². The van der Waals surface area contributed by atoms with Gasteiger partial charge in [0.25, 0.3) is 0 Å². The molecule has 0 aliphatic heterocycles. The molecular weight excluding hydrogens is 366 g/mol. The molecule has 2 amide bonds. The van der Waals surface area contributed by atoms with Crippen LogP contribution < -0.4 is 5.32 Å². The number of carbonyl (C=O) groups is 2. The molecule has 1 aromatic rings. The molecule has 0 fully saturated rings. The Morgan fingerprint density at radius 1 is 1.24 bits per heavy atom. The third kappa shape index (κ3) is 6.64. The monoisotopic (exact) mass is 389 g/mol. The fraction of sp³-hybridized carbons (Fsp3) is 0.500. The summed E-state index contributed by atoms with van der Waals surface area (Å²) in [4.78, 5) is 26.2. The highest BCUT2D eigenvalue weighted by atomic mass is 35.5. The molecule has 0 spiro atoms. The molecule has 25 heavy (non-hydrogen) atoms. The number of rotatable bonds is 8. The Labute approximate surface area is 154 Å². The second-order valence-corrected chi connectivity index (χ2v) is 8.26. The predicted octanol–water partition coefficient (Wildman–Crippen LogP) is 1.08. The van der Waals surface area contributed by atoms with Crippen molar-refractivity contribution in [2.45, 2.75) is 26.4 Å². The van der Waals surface area contributed by atoms with E-state index in [-0.39, 0.29) is 19.0 Å². The molecule has 0 saturated heterocycles. The largest absolute Gasteiger partial charge is 0.355 e. The zero-order valence-electron chi connectivity index (χ0n) is 14.8. The van der Waals surface area contributed by atoms with Crippen LogP contribution in [0.3, 0.4) is 0 Å². The van der Waals surface area contributed by atoms with E-state index in [1.807, 2.05) is 0 Å². The van der Waals surface area contributed by atoms with Gasteiger partial charge in [0.1, 0.15) is 6.04 Å². The van der Waals surface area contributed by atoms with Crippen LogP contribution in [0.5, 0.6) is 0 Å². The standard InChI is InChI=1S/C16H24ClN3O4S/c1-5-18-16(22)12(2)20(10-13-6-8-14(17)9-7-13)15(21)11-19(3)25(4,23)24/h6-9,12H,5,10-11H2,1-4H3,(H,18,22). The molecule has 140 valence electrons. The molecule has 0 radical (unpaired) electrons. The lowest BCUT2D eigenvalue weighted by Crippen LogP contribution is -2.50. The summed E-state index contributed by atoms with van der Waals surface area (Å²) < 4.78 is 24.1. The summed E-state index contributed by atoms with van der Waals surface area (Å²) in [6.45, 7) is 3.67. The second-order valence-electron chi connectivity index (χ2n) is 5.74. The van der Waals surface area contributed by atoms with E-state index < -0.39 is 22.0 Å². The van der Waals surface area contributed by atoms with E-state index in [2.05, 4.69) is 5.32 Å². The molecule has 1 unspecified atom stereocenters. The zero-order valence-corrected chi connectivity index (χ0v) is 16.4. The SMILES string of the molecule is CCNC(=O)C(C)N(Cc1ccc(Cl)cc1)C(=O)CN(C)S(C)(=O)=O. The molecule has 0 heterocycles. The molecule has 0 bridgehead atoms. The summed E-state index contributed by atoms with van der Waals surface area (Å²) in [7, 11) is -2.17. The lowest BCUT2D eigenvalue weighted by Gasteiger charge is -2.30. The van der Waals surface area contributed by atoms with Crippen LogP contribution in [-0.2, 0) is 26.2 Å². The number of amides is 2. The van der Waals surface area contributed by atoms with Crippen molar-refractivity contribution in [1.29, 1.82) is 0 Å². The maximum atomic E-state index is 12.6. The van der Waals surface area contributed by atoms with Crippen molar-refractivity contribution >= 4 is 33.4 Å². The van der Waals surface area contributed by atoms with Gasteiger partial charge >= 0.3 is 0 Å². The fourth-order valence-corrected chi connectivity index (χ4v) is 2.56. The quantitative estimate of drug-likeness (QED) is 0.720. The van der Waals surface area contributed by atoms with Gasteiger partial charge < -0.3 is 10.2 Å². The van der Waals surface area contributed by atoms with Gasteiger partial charge in [0.15, 0.2) is 0 Å². The van der Waals surface area contributed by atoms with Gasteiger partial charge in [-0.15, -0.1) is 0 Å². The number of nitrogens with one attached hydrogen (secondary N) is 1. The molecule has 7 nitrogen and oxygen atoms in total. The molecule has 1 atom stereocenters. The third-order valence-corrected chi connectivity index (χ3v) is 5.22. The van der Waals surface area contributed by atoms with Crippen LogP contribution in [0.2, 0.25) is 5.02 Å². The van der Waals surface area contributed by atoms with Crippen LogP contribution in [0.25, 0.3) is 0 Å². The predicted molar refractivity (Wildman–Crippen MR) is 97.6 cm³/mol. The third-order valence-electron chi connectivity index (χ3n) is 3.71. The van der Waals surface area contributed by atoms with Crippen molar-refractivity contribution in [3.8, 4) is 0 Å². The smallest absolute Gasteiger partial charge is 0.242 e. The molecule has 1 N–H and O–H groups in total. The summed E-state index contributed by atoms with van der Waals surface area (Å²) in [5.74, 6) is -0.756. The van der Waals surface area contributed by atoms with Gasteiger partial charge in [-0.1, -0.05) is 23.7 Å². The van der Waals surface area contributed by atoms with Gasteiger partial charge in [0.05, 0.1) is 12.8 Å². The first-order chi connectivity index (χ1) is 11.6. The number of carbonyl (C=O) groups excluding carboxylic acids is 2. The van der Waals surface area contributed by atoms with Gasteiger partial charge in [0, 0.05) is 25.2 Å². The lowest BCUT2D eigenvalue weighted by atomic mass is 10.1. The van der Waals surface area contributed by atoms with Crippen LogP contribution in [0.15, 0.2) is 24.3 Å². The van der Waals surface area contributed by atoms with E-state index in [1.54, 1.807) is 38.1 Å². The van der Waals surface area contributed by atoms with E-state index in [1.165, 1.54) is 11.9 Å². The van der Waals surface area contributed by atoms with E-state index in [0.717, 1.165) is 16.1 Å². The summed E-state index contributed by atoms with van der Waals surface area (Å²) in [5.41, 5.74) is 0.788. The number of benzene rings is 1. The van der Waals surface area contributed by atoms with Crippen LogP contribution in [-0.4, -0.2) is 61.9 Å². The first-order valence-corrected chi connectivity index (χ1v) is 10.0. The van der Waals surface area contributed by atoms with Crippen LogP contribution in [0.1, 0.15) is 19.4 Å². The Bertz CT molecular complexity index is 707. The normalized spacial score (nSPS) is 12.7. The van der Waals surface area contributed by atoms with Gasteiger partial charge in [0.2, 0.25) is 21.8 Å². The van der Waals surface area contributed by atoms with E-state index in [9.17, 15) is 18.0 Å². The summed E-state index contributed by atoms with van der Waals surface area (Å²) >= 11 is 5.87. The van der Waals surface area contributed by atoms with Crippen molar-refractivity contribution in [1.82, 2.24) is 14.5 Å². The Morgan fingerprint density at radius 2 is 1.80 bits per heavy atom. The van der Waals surface area contributed by atoms with Crippen LogP contribution in [0.4, 0.5) is 0 Å². The van der Waals surface area contributed by atoms with Crippen molar-refractivity contribution in [2.75, 3.05) is 26.4 Å². The Hall–Kier alpha value is -1.64. The molecule has 9 heteroatoms. The van der Waals surface area contributed by atoms with Gasteiger partial charge in [-0.2, -0.15) is 4.31 Å². The van der Waals surface area contributed by atoms with Crippen molar-refractivity contribution < 1.29 is 18.0 Å². The molecule has 0 saturated carbocycles. The van der Waals surface area contributed by atoms with Crippen molar-refractivity contribution in [3.63, 3.8) is 0 Å². The Morgan fingerprint density at radius 3 is 2.28 bits per heavy atom. The zero-order chi connectivity index (χ0) is 19.2. The number of hydrogen-bond donors (Lipinski definition) is 1. The number of likely N-dealkylation sites (N-methyl/N-ethyl adjacent to an activating group) is 2. The summed E-state index contributed by atoms with van der Waals surface area (Å²) in [5, 5.41) is 3.24. The number of halogens is 1. The Kier molecular flexibility index (Phi) is 7.85. The first-order valence-electron chi connectivity index (χ1n) is 7.79. The molecular formula is C16H24ClN3O4S. The molecule has 1 aromatic carbocycles. The van der Waals surface area contributed by atoms with E-state index >= 15 is 0 Å². The topological polar surface area (TPSA) is 86.8 Å². The highest BCUT2D eigenvalue weighted by Crippen LogP contribution is 2.14. The maximum absolute atomic E-state index is 12.6. The Balaban J connectivity index is 3.02. The summed E-state index contributed by atoms with van der Waals surface area (Å²) in [6.07, 6.45) is 1.02.